The maximum absolute atomic E-state index is 13.5. The van der Waals surface area contributed by atoms with Gasteiger partial charge in [-0.05, 0) is 70.9 Å². The topological polar surface area (TPSA) is 99.9 Å². The number of nitrogens with two attached hydrogens (primary N) is 1. The van der Waals surface area contributed by atoms with Crippen LogP contribution in [0.2, 0.25) is 5.02 Å². The third kappa shape index (κ3) is 6.72. The fourth-order valence-electron chi connectivity index (χ4n) is 4.36. The molecule has 0 aliphatic carbocycles. The lowest BCUT2D eigenvalue weighted by Crippen LogP contribution is -2.17. The van der Waals surface area contributed by atoms with E-state index in [2.05, 4.69) is 5.32 Å². The molecule has 0 bridgehead atoms. The number of hydrogen-bond acceptors (Lipinski definition) is 6. The first-order chi connectivity index (χ1) is 19.5. The molecular weight excluding hydrogens is 563 g/mol. The highest BCUT2D eigenvalue weighted by Gasteiger charge is 2.21. The van der Waals surface area contributed by atoms with Gasteiger partial charge in [0.2, 0.25) is 0 Å². The van der Waals surface area contributed by atoms with Gasteiger partial charge in [-0.3, -0.25) is 4.79 Å². The fourth-order valence-corrected chi connectivity index (χ4v) is 4.52. The predicted octanol–water partition coefficient (Wildman–Crippen LogP) is 7.28. The van der Waals surface area contributed by atoms with Gasteiger partial charge in [0.25, 0.3) is 5.91 Å². The standard InChI is InChI=1S/C32H27ClN2O5.ClH/c1-38-28-17-22-9-4-3-8-21(22)16-26(28)32(37)40-30-19-24(33)11-12-27(30)35-31(36)25-15-20-7-2-5-10-23(20)18-29(25)39-14-6-13-34;/h2-5,7-12,15-19H,6,13-14,34H2,1H3,(H,35,36);1H. The van der Waals surface area contributed by atoms with Gasteiger partial charge >= 0.3 is 5.97 Å². The number of esters is 1. The summed E-state index contributed by atoms with van der Waals surface area (Å²) in [4.78, 5) is 26.9. The Bertz CT molecular complexity index is 1720. The molecule has 0 spiro atoms. The van der Waals surface area contributed by atoms with Crippen molar-refractivity contribution in [2.24, 2.45) is 5.73 Å². The van der Waals surface area contributed by atoms with Gasteiger partial charge in [-0.15, -0.1) is 12.4 Å². The summed E-state index contributed by atoms with van der Waals surface area (Å²) in [7, 11) is 1.49. The van der Waals surface area contributed by atoms with Crippen molar-refractivity contribution in [2.75, 3.05) is 25.6 Å². The number of halogens is 2. The van der Waals surface area contributed by atoms with Gasteiger partial charge in [0, 0.05) is 11.1 Å². The van der Waals surface area contributed by atoms with E-state index in [0.717, 1.165) is 21.5 Å². The molecule has 0 atom stereocenters. The number of anilines is 1. The highest BCUT2D eigenvalue weighted by atomic mass is 35.5. The normalized spacial score (nSPS) is 10.6. The Morgan fingerprint density at radius 1 is 0.780 bits per heavy atom. The van der Waals surface area contributed by atoms with Crippen molar-refractivity contribution in [1.29, 1.82) is 0 Å². The number of amides is 1. The van der Waals surface area contributed by atoms with Gasteiger partial charge in [-0.2, -0.15) is 0 Å². The predicted molar refractivity (Wildman–Crippen MR) is 165 cm³/mol. The molecule has 0 aliphatic rings. The van der Waals surface area contributed by atoms with Crippen molar-refractivity contribution in [2.45, 2.75) is 6.42 Å². The van der Waals surface area contributed by atoms with Gasteiger partial charge in [0.1, 0.15) is 17.1 Å². The zero-order valence-electron chi connectivity index (χ0n) is 22.2. The van der Waals surface area contributed by atoms with Gasteiger partial charge in [-0.1, -0.05) is 60.1 Å². The van der Waals surface area contributed by atoms with E-state index in [0.29, 0.717) is 41.7 Å². The van der Waals surface area contributed by atoms with Crippen molar-refractivity contribution < 1.29 is 23.8 Å². The molecule has 0 unspecified atom stereocenters. The van der Waals surface area contributed by atoms with Crippen molar-refractivity contribution in [3.63, 3.8) is 0 Å². The minimum absolute atomic E-state index is 0. The minimum atomic E-state index is -0.656. The summed E-state index contributed by atoms with van der Waals surface area (Å²) in [5.41, 5.74) is 6.46. The number of ether oxygens (including phenoxy) is 3. The number of benzene rings is 5. The number of hydrogen-bond donors (Lipinski definition) is 2. The van der Waals surface area contributed by atoms with Crippen molar-refractivity contribution >= 4 is 63.1 Å². The second-order valence-electron chi connectivity index (χ2n) is 9.07. The van der Waals surface area contributed by atoms with Gasteiger partial charge in [0.15, 0.2) is 5.75 Å². The van der Waals surface area contributed by atoms with Crippen LogP contribution in [0.15, 0.2) is 91.0 Å². The number of carbonyl (C=O) groups excluding carboxylic acids is 2. The average Bonchev–Trinajstić information content (AvgIpc) is 2.97. The van der Waals surface area contributed by atoms with Crippen LogP contribution in [0.5, 0.6) is 17.2 Å². The Morgan fingerprint density at radius 3 is 1.98 bits per heavy atom. The molecule has 9 heteroatoms. The minimum Gasteiger partial charge on any atom is -0.496 e. The number of fused-ring (bicyclic) bond motifs is 2. The quantitative estimate of drug-likeness (QED) is 0.106. The lowest BCUT2D eigenvalue weighted by atomic mass is 10.0. The Labute approximate surface area is 248 Å². The molecule has 0 aromatic heterocycles. The van der Waals surface area contributed by atoms with Crippen LogP contribution in [0.3, 0.4) is 0 Å². The number of rotatable bonds is 9. The molecule has 0 saturated carbocycles. The van der Waals surface area contributed by atoms with E-state index in [1.54, 1.807) is 30.3 Å². The molecule has 7 nitrogen and oxygen atoms in total. The molecule has 41 heavy (non-hydrogen) atoms. The molecule has 0 heterocycles. The number of nitrogens with one attached hydrogen (secondary N) is 1. The second kappa shape index (κ2) is 13.4. The maximum atomic E-state index is 13.5. The third-order valence-electron chi connectivity index (χ3n) is 6.38. The van der Waals surface area contributed by atoms with Crippen LogP contribution in [0.4, 0.5) is 5.69 Å². The highest BCUT2D eigenvalue weighted by molar-refractivity contribution is 6.31. The van der Waals surface area contributed by atoms with Gasteiger partial charge < -0.3 is 25.3 Å². The molecule has 0 aliphatic heterocycles. The van der Waals surface area contributed by atoms with Crippen LogP contribution < -0.4 is 25.3 Å². The van der Waals surface area contributed by atoms with Crippen molar-refractivity contribution in [1.82, 2.24) is 0 Å². The SMILES string of the molecule is COc1cc2ccccc2cc1C(=O)Oc1cc(Cl)ccc1NC(=O)c1cc2ccccc2cc1OCCCN.Cl. The van der Waals surface area contributed by atoms with Gasteiger partial charge in [0.05, 0.1) is 25.0 Å². The Kier molecular flexibility index (Phi) is 9.68. The lowest BCUT2D eigenvalue weighted by molar-refractivity contribution is 0.0731. The largest absolute Gasteiger partial charge is 0.496 e. The second-order valence-corrected chi connectivity index (χ2v) is 9.51. The molecule has 5 rings (SSSR count). The van der Waals surface area contributed by atoms with Crippen LogP contribution in [0.25, 0.3) is 21.5 Å². The molecule has 1 amide bonds. The smallest absolute Gasteiger partial charge is 0.347 e. The van der Waals surface area contributed by atoms with Crippen LogP contribution in [-0.4, -0.2) is 32.1 Å². The van der Waals surface area contributed by atoms with Crippen LogP contribution in [-0.2, 0) is 0 Å². The third-order valence-corrected chi connectivity index (χ3v) is 6.62. The summed E-state index contributed by atoms with van der Waals surface area (Å²) in [5.74, 6) is -0.203. The first-order valence-corrected chi connectivity index (χ1v) is 13.1. The fraction of sp³-hybridized carbons (Fsp3) is 0.125. The number of methoxy groups -OCH3 is 1. The zero-order chi connectivity index (χ0) is 28.1. The van der Waals surface area contributed by atoms with Crippen LogP contribution >= 0.6 is 24.0 Å². The number of carbonyl (C=O) groups is 2. The molecular formula is C32H28Cl2N2O5. The van der Waals surface area contributed by atoms with E-state index >= 15 is 0 Å². The van der Waals surface area contributed by atoms with Crippen LogP contribution in [0, 0.1) is 0 Å². The Hall–Kier alpha value is -4.30. The van der Waals surface area contributed by atoms with Crippen molar-refractivity contribution in [3.05, 3.63) is 107 Å². The Balaban J connectivity index is 0.00000387. The molecule has 210 valence electrons. The summed E-state index contributed by atoms with van der Waals surface area (Å²) in [6, 6.07) is 27.0. The molecule has 0 saturated heterocycles. The molecule has 0 fully saturated rings. The van der Waals surface area contributed by atoms with Crippen LogP contribution in [0.1, 0.15) is 27.1 Å². The van der Waals surface area contributed by atoms with E-state index in [-0.39, 0.29) is 29.4 Å². The highest BCUT2D eigenvalue weighted by Crippen LogP contribution is 2.33. The van der Waals surface area contributed by atoms with Gasteiger partial charge in [-0.25, -0.2) is 4.79 Å². The molecule has 0 radical (unpaired) electrons. The molecule has 5 aromatic carbocycles. The molecule has 3 N–H and O–H groups in total. The van der Waals surface area contributed by atoms with E-state index in [1.165, 1.54) is 13.2 Å². The summed E-state index contributed by atoms with van der Waals surface area (Å²) in [6.45, 7) is 0.836. The Morgan fingerprint density at radius 2 is 1.37 bits per heavy atom. The summed E-state index contributed by atoms with van der Waals surface area (Å²) < 4.78 is 17.1. The lowest BCUT2D eigenvalue weighted by Gasteiger charge is -2.16. The first-order valence-electron chi connectivity index (χ1n) is 12.7. The van der Waals surface area contributed by atoms with E-state index in [1.807, 2.05) is 54.6 Å². The monoisotopic (exact) mass is 590 g/mol. The maximum Gasteiger partial charge on any atom is 0.347 e. The van der Waals surface area contributed by atoms with E-state index in [9.17, 15) is 9.59 Å². The summed E-state index contributed by atoms with van der Waals surface area (Å²) in [5, 5.41) is 6.78. The summed E-state index contributed by atoms with van der Waals surface area (Å²) in [6.07, 6.45) is 0.642. The first kappa shape index (κ1) is 29.7. The van der Waals surface area contributed by atoms with E-state index < -0.39 is 11.9 Å². The van der Waals surface area contributed by atoms with Crippen molar-refractivity contribution in [3.8, 4) is 17.2 Å². The average molecular weight is 591 g/mol. The van der Waals surface area contributed by atoms with E-state index in [4.69, 9.17) is 31.5 Å². The molecule has 5 aromatic rings. The summed E-state index contributed by atoms with van der Waals surface area (Å²) >= 11 is 6.24. The zero-order valence-corrected chi connectivity index (χ0v) is 23.8.